The number of ether oxygens (including phenoxy) is 1. The quantitative estimate of drug-likeness (QED) is 0.851. The lowest BCUT2D eigenvalue weighted by molar-refractivity contribution is -0.134. The Morgan fingerprint density at radius 2 is 1.81 bits per heavy atom. The average Bonchev–Trinajstić information content (AvgIpc) is 3.34. The van der Waals surface area contributed by atoms with Crippen LogP contribution in [-0.2, 0) is 27.2 Å². The molecule has 2 aromatic rings. The van der Waals surface area contributed by atoms with E-state index in [4.69, 9.17) is 4.74 Å². The molecule has 0 bridgehead atoms. The number of benzene rings is 2. The number of nitrogens with zero attached hydrogens (tertiary/aromatic N) is 1. The Balaban J connectivity index is 1.41. The van der Waals surface area contributed by atoms with Crippen LogP contribution in [0.15, 0.2) is 48.5 Å². The second kappa shape index (κ2) is 5.67. The SMILES string of the molecule is O=C1O[C@]2(CCN(C(=O)C3(c4ccc(CO)cc4)CC3)C2)c2ccccc21. The van der Waals surface area contributed by atoms with Crippen LogP contribution >= 0.6 is 0 Å². The van der Waals surface area contributed by atoms with Gasteiger partial charge in [0.1, 0.15) is 0 Å². The van der Waals surface area contributed by atoms with Gasteiger partial charge in [0, 0.05) is 18.5 Å². The summed E-state index contributed by atoms with van der Waals surface area (Å²) in [7, 11) is 0. The van der Waals surface area contributed by atoms with E-state index in [1.165, 1.54) is 0 Å². The second-order valence-corrected chi connectivity index (χ2v) is 7.84. The summed E-state index contributed by atoms with van der Waals surface area (Å²) < 4.78 is 5.77. The second-order valence-electron chi connectivity index (χ2n) is 7.84. The Kier molecular flexibility index (Phi) is 3.46. The van der Waals surface area contributed by atoms with Gasteiger partial charge < -0.3 is 14.7 Å². The van der Waals surface area contributed by atoms with Crippen molar-refractivity contribution in [3.63, 3.8) is 0 Å². The van der Waals surface area contributed by atoms with E-state index in [2.05, 4.69) is 0 Å². The summed E-state index contributed by atoms with van der Waals surface area (Å²) in [6.07, 6.45) is 2.31. The predicted octanol–water partition coefficient (Wildman–Crippen LogP) is 2.51. The molecule has 27 heavy (non-hydrogen) atoms. The standard InChI is InChI=1S/C22H21NO4/c24-13-15-5-7-16(8-6-15)21(9-10-21)20(26)23-12-11-22(14-23)18-4-2-1-3-17(18)19(25)27-22/h1-8,24H,9-14H2/t22-/m0/s1. The number of aliphatic hydroxyl groups excluding tert-OH is 1. The molecule has 1 saturated carbocycles. The summed E-state index contributed by atoms with van der Waals surface area (Å²) in [5.41, 5.74) is 2.22. The minimum Gasteiger partial charge on any atom is -0.449 e. The maximum atomic E-state index is 13.4. The number of aliphatic hydroxyl groups is 1. The van der Waals surface area contributed by atoms with Crippen molar-refractivity contribution < 1.29 is 19.4 Å². The van der Waals surface area contributed by atoms with Gasteiger partial charge >= 0.3 is 5.97 Å². The van der Waals surface area contributed by atoms with Crippen LogP contribution < -0.4 is 0 Å². The number of hydrogen-bond donors (Lipinski definition) is 1. The first-order chi connectivity index (χ1) is 13.1. The number of carbonyl (C=O) groups excluding carboxylic acids is 2. The molecular formula is C22H21NO4. The fourth-order valence-electron chi connectivity index (χ4n) is 4.59. The lowest BCUT2D eigenvalue weighted by Crippen LogP contribution is -2.40. The average molecular weight is 363 g/mol. The van der Waals surface area contributed by atoms with E-state index in [1.54, 1.807) is 6.07 Å². The van der Waals surface area contributed by atoms with Crippen LogP contribution in [-0.4, -0.2) is 35.0 Å². The molecule has 3 aliphatic rings. The van der Waals surface area contributed by atoms with Crippen LogP contribution in [0.5, 0.6) is 0 Å². The molecule has 1 saturated heterocycles. The monoisotopic (exact) mass is 363 g/mol. The van der Waals surface area contributed by atoms with Gasteiger partial charge in [0.25, 0.3) is 0 Å². The molecule has 2 aliphatic heterocycles. The zero-order chi connectivity index (χ0) is 18.6. The van der Waals surface area contributed by atoms with Gasteiger partial charge in [-0.05, 0) is 30.0 Å². The highest BCUT2D eigenvalue weighted by Gasteiger charge is 2.57. The van der Waals surface area contributed by atoms with E-state index in [9.17, 15) is 14.7 Å². The summed E-state index contributed by atoms with van der Waals surface area (Å²) in [6, 6.07) is 15.1. The molecule has 1 amide bonds. The van der Waals surface area contributed by atoms with E-state index in [0.29, 0.717) is 25.1 Å². The normalized spacial score (nSPS) is 24.8. The number of likely N-dealkylation sites (tertiary alicyclic amines) is 1. The van der Waals surface area contributed by atoms with Gasteiger partial charge in [0.2, 0.25) is 5.91 Å². The number of hydrogen-bond acceptors (Lipinski definition) is 4. The van der Waals surface area contributed by atoms with Gasteiger partial charge in [0.15, 0.2) is 5.60 Å². The van der Waals surface area contributed by atoms with E-state index < -0.39 is 11.0 Å². The molecule has 1 atom stereocenters. The first-order valence-electron chi connectivity index (χ1n) is 9.41. The Morgan fingerprint density at radius 1 is 1.07 bits per heavy atom. The van der Waals surface area contributed by atoms with Crippen molar-refractivity contribution in [2.45, 2.75) is 36.9 Å². The molecule has 0 aromatic heterocycles. The molecule has 0 unspecified atom stereocenters. The van der Waals surface area contributed by atoms with Gasteiger partial charge in [-0.1, -0.05) is 42.5 Å². The van der Waals surface area contributed by atoms with Gasteiger partial charge in [-0.15, -0.1) is 0 Å². The van der Waals surface area contributed by atoms with Crippen molar-refractivity contribution in [1.82, 2.24) is 4.90 Å². The number of amides is 1. The Labute approximate surface area is 157 Å². The van der Waals surface area contributed by atoms with Crippen LogP contribution in [0.2, 0.25) is 0 Å². The number of rotatable bonds is 3. The fraction of sp³-hybridized carbons (Fsp3) is 0.364. The number of esters is 1. The summed E-state index contributed by atoms with van der Waals surface area (Å²) in [6.45, 7) is 1.02. The fourth-order valence-corrected chi connectivity index (χ4v) is 4.59. The Bertz CT molecular complexity index is 932. The highest BCUT2D eigenvalue weighted by molar-refractivity contribution is 5.95. The van der Waals surface area contributed by atoms with Gasteiger partial charge in [-0.2, -0.15) is 0 Å². The molecule has 1 aliphatic carbocycles. The maximum absolute atomic E-state index is 13.4. The van der Waals surface area contributed by atoms with Gasteiger partial charge in [-0.25, -0.2) is 4.79 Å². The Hall–Kier alpha value is -2.66. The smallest absolute Gasteiger partial charge is 0.339 e. The zero-order valence-corrected chi connectivity index (χ0v) is 15.0. The first kappa shape index (κ1) is 16.5. The van der Waals surface area contributed by atoms with Crippen molar-refractivity contribution >= 4 is 11.9 Å². The summed E-state index contributed by atoms with van der Waals surface area (Å²) in [5.74, 6) is -0.169. The van der Waals surface area contributed by atoms with Crippen LogP contribution in [0, 0.1) is 0 Å². The minimum atomic E-state index is -0.694. The number of carbonyl (C=O) groups is 2. The molecule has 5 rings (SSSR count). The molecule has 0 radical (unpaired) electrons. The molecular weight excluding hydrogens is 342 g/mol. The molecule has 138 valence electrons. The van der Waals surface area contributed by atoms with E-state index >= 15 is 0 Å². The van der Waals surface area contributed by atoms with Crippen LogP contribution in [0.4, 0.5) is 0 Å². The first-order valence-corrected chi connectivity index (χ1v) is 9.41. The highest BCUT2D eigenvalue weighted by Crippen LogP contribution is 2.52. The van der Waals surface area contributed by atoms with E-state index in [0.717, 1.165) is 29.5 Å². The molecule has 1 N–H and O–H groups in total. The molecule has 2 aromatic carbocycles. The van der Waals surface area contributed by atoms with Crippen LogP contribution in [0.25, 0.3) is 0 Å². The van der Waals surface area contributed by atoms with Crippen molar-refractivity contribution in [2.75, 3.05) is 13.1 Å². The van der Waals surface area contributed by atoms with Crippen LogP contribution in [0.1, 0.15) is 46.3 Å². The van der Waals surface area contributed by atoms with Crippen molar-refractivity contribution in [2.24, 2.45) is 0 Å². The third-order valence-electron chi connectivity index (χ3n) is 6.29. The van der Waals surface area contributed by atoms with E-state index in [1.807, 2.05) is 47.4 Å². The lowest BCUT2D eigenvalue weighted by Gasteiger charge is -2.27. The summed E-state index contributed by atoms with van der Waals surface area (Å²) in [5, 5.41) is 9.23. The van der Waals surface area contributed by atoms with Crippen LogP contribution in [0.3, 0.4) is 0 Å². The largest absolute Gasteiger partial charge is 0.449 e. The molecule has 1 spiro atoms. The number of fused-ring (bicyclic) bond motifs is 2. The topological polar surface area (TPSA) is 66.8 Å². The molecule has 2 fully saturated rings. The minimum absolute atomic E-state index is 0.000643. The van der Waals surface area contributed by atoms with E-state index in [-0.39, 0.29) is 18.5 Å². The summed E-state index contributed by atoms with van der Waals surface area (Å²) >= 11 is 0. The van der Waals surface area contributed by atoms with Crippen molar-refractivity contribution in [3.8, 4) is 0 Å². The third kappa shape index (κ3) is 2.34. The zero-order valence-electron chi connectivity index (χ0n) is 15.0. The Morgan fingerprint density at radius 3 is 2.52 bits per heavy atom. The lowest BCUT2D eigenvalue weighted by atomic mass is 9.91. The third-order valence-corrected chi connectivity index (χ3v) is 6.29. The predicted molar refractivity (Wildman–Crippen MR) is 98.0 cm³/mol. The molecule has 5 heteroatoms. The van der Waals surface area contributed by atoms with Gasteiger partial charge in [-0.3, -0.25) is 4.79 Å². The highest BCUT2D eigenvalue weighted by atomic mass is 16.6. The van der Waals surface area contributed by atoms with Crippen molar-refractivity contribution in [1.29, 1.82) is 0 Å². The van der Waals surface area contributed by atoms with Crippen molar-refractivity contribution in [3.05, 3.63) is 70.8 Å². The maximum Gasteiger partial charge on any atom is 0.339 e. The summed E-state index contributed by atoms with van der Waals surface area (Å²) in [4.78, 5) is 27.5. The molecule has 5 nitrogen and oxygen atoms in total. The van der Waals surface area contributed by atoms with Gasteiger partial charge in [0.05, 0.1) is 24.1 Å². The molecule has 2 heterocycles.